The van der Waals surface area contributed by atoms with Crippen LogP contribution in [0, 0.1) is 11.8 Å². The van der Waals surface area contributed by atoms with Crippen molar-refractivity contribution in [2.24, 2.45) is 11.8 Å². The zero-order valence-electron chi connectivity index (χ0n) is 23.0. The molecule has 0 amide bonds. The third-order valence-corrected chi connectivity index (χ3v) is 7.25. The Morgan fingerprint density at radius 2 is 1.38 bits per heavy atom. The minimum Gasteiger partial charge on any atom is -0.494 e. The van der Waals surface area contributed by atoms with Crippen molar-refractivity contribution in [1.82, 2.24) is 0 Å². The molecule has 4 heteroatoms. The van der Waals surface area contributed by atoms with Crippen LogP contribution >= 0.6 is 0 Å². The van der Waals surface area contributed by atoms with Crippen molar-refractivity contribution in [2.45, 2.75) is 90.9 Å². The maximum Gasteiger partial charge on any atom is 0.343 e. The van der Waals surface area contributed by atoms with Crippen LogP contribution in [-0.2, 0) is 0 Å². The van der Waals surface area contributed by atoms with E-state index in [1.807, 2.05) is 24.3 Å². The SMILES string of the molecule is CCCCCCOc1ccc(C(=O)Oc2ccc(OC/C=C/C3CCC(CCCCC)CC3)cc2)cc1. The van der Waals surface area contributed by atoms with Crippen molar-refractivity contribution >= 4 is 5.97 Å². The van der Waals surface area contributed by atoms with Gasteiger partial charge in [-0.2, -0.15) is 0 Å². The van der Waals surface area contributed by atoms with E-state index in [0.717, 1.165) is 23.8 Å². The molecule has 0 bridgehead atoms. The van der Waals surface area contributed by atoms with Gasteiger partial charge < -0.3 is 14.2 Å². The number of rotatable bonds is 16. The second kappa shape index (κ2) is 16.9. The summed E-state index contributed by atoms with van der Waals surface area (Å²) < 4.78 is 17.1. The summed E-state index contributed by atoms with van der Waals surface area (Å²) in [6.45, 7) is 5.73. The van der Waals surface area contributed by atoms with Gasteiger partial charge in [-0.05, 0) is 92.5 Å². The van der Waals surface area contributed by atoms with Gasteiger partial charge in [0.25, 0.3) is 0 Å². The molecule has 202 valence electrons. The second-order valence-electron chi connectivity index (χ2n) is 10.3. The molecule has 1 aliphatic carbocycles. The molecule has 1 fully saturated rings. The van der Waals surface area contributed by atoms with Crippen molar-refractivity contribution < 1.29 is 19.0 Å². The molecule has 0 aromatic heterocycles. The van der Waals surface area contributed by atoms with E-state index in [1.54, 1.807) is 24.3 Å². The summed E-state index contributed by atoms with van der Waals surface area (Å²) in [4.78, 5) is 12.5. The molecular formula is C33H46O4. The third kappa shape index (κ3) is 11.0. The molecule has 4 nitrogen and oxygen atoms in total. The number of allylic oxidation sites excluding steroid dienone is 1. The lowest BCUT2D eigenvalue weighted by molar-refractivity contribution is 0.0734. The second-order valence-corrected chi connectivity index (χ2v) is 10.3. The molecule has 2 aromatic rings. The van der Waals surface area contributed by atoms with Gasteiger partial charge in [0, 0.05) is 0 Å². The predicted octanol–water partition coefficient (Wildman–Crippen LogP) is 9.19. The normalized spacial score (nSPS) is 17.6. The van der Waals surface area contributed by atoms with Gasteiger partial charge in [0.1, 0.15) is 23.9 Å². The fourth-order valence-corrected chi connectivity index (χ4v) is 4.92. The highest BCUT2D eigenvalue weighted by Crippen LogP contribution is 2.32. The number of esters is 1. The topological polar surface area (TPSA) is 44.8 Å². The molecule has 0 radical (unpaired) electrons. The molecule has 0 heterocycles. The smallest absolute Gasteiger partial charge is 0.343 e. The quantitative estimate of drug-likeness (QED) is 0.0985. The molecule has 3 rings (SSSR count). The molecular weight excluding hydrogens is 460 g/mol. The molecule has 0 unspecified atom stereocenters. The summed E-state index contributed by atoms with van der Waals surface area (Å²) >= 11 is 0. The van der Waals surface area contributed by atoms with Crippen LogP contribution in [0.2, 0.25) is 0 Å². The van der Waals surface area contributed by atoms with Crippen molar-refractivity contribution in [3.8, 4) is 17.2 Å². The van der Waals surface area contributed by atoms with Gasteiger partial charge in [-0.1, -0.05) is 70.9 Å². The number of hydrogen-bond acceptors (Lipinski definition) is 4. The Morgan fingerprint density at radius 3 is 2.08 bits per heavy atom. The number of ether oxygens (including phenoxy) is 3. The Hall–Kier alpha value is -2.75. The standard InChI is InChI=1S/C33H46O4/c1-3-5-7-9-25-35-30-19-17-29(18-20-30)33(34)37-32-23-21-31(22-24-32)36-26-10-12-28-15-13-27(14-16-28)11-8-6-4-2/h10,12,17-24,27-28H,3-9,11,13-16,25-26H2,1-2H3/b12-10+. The average Bonchev–Trinajstić information content (AvgIpc) is 2.93. The van der Waals surface area contributed by atoms with E-state index in [9.17, 15) is 4.79 Å². The van der Waals surface area contributed by atoms with Gasteiger partial charge >= 0.3 is 5.97 Å². The van der Waals surface area contributed by atoms with Crippen LogP contribution in [0.15, 0.2) is 60.7 Å². The van der Waals surface area contributed by atoms with Crippen LogP contribution in [0.5, 0.6) is 17.2 Å². The van der Waals surface area contributed by atoms with Gasteiger partial charge in [-0.3, -0.25) is 0 Å². The van der Waals surface area contributed by atoms with Crippen LogP contribution in [-0.4, -0.2) is 19.2 Å². The van der Waals surface area contributed by atoms with Gasteiger partial charge in [-0.25, -0.2) is 4.79 Å². The van der Waals surface area contributed by atoms with E-state index in [0.29, 0.717) is 30.4 Å². The number of carbonyl (C=O) groups is 1. The minimum absolute atomic E-state index is 0.383. The van der Waals surface area contributed by atoms with E-state index in [4.69, 9.17) is 14.2 Å². The number of carbonyl (C=O) groups excluding carboxylic acids is 1. The van der Waals surface area contributed by atoms with Crippen LogP contribution in [0.1, 0.15) is 101 Å². The first kappa shape index (κ1) is 28.8. The molecule has 0 N–H and O–H groups in total. The Kier molecular flexibility index (Phi) is 13.2. The number of hydrogen-bond donors (Lipinski definition) is 0. The predicted molar refractivity (Wildman–Crippen MR) is 152 cm³/mol. The zero-order valence-corrected chi connectivity index (χ0v) is 23.0. The van der Waals surface area contributed by atoms with E-state index in [2.05, 4.69) is 26.0 Å². The van der Waals surface area contributed by atoms with E-state index in [1.165, 1.54) is 70.6 Å². The highest BCUT2D eigenvalue weighted by atomic mass is 16.5. The van der Waals surface area contributed by atoms with Crippen LogP contribution in [0.4, 0.5) is 0 Å². The Labute approximate surface area is 224 Å². The molecule has 0 atom stereocenters. The monoisotopic (exact) mass is 506 g/mol. The van der Waals surface area contributed by atoms with E-state index < -0.39 is 0 Å². The Morgan fingerprint density at radius 1 is 0.757 bits per heavy atom. The number of unbranched alkanes of at least 4 members (excludes halogenated alkanes) is 5. The molecule has 1 aliphatic rings. The van der Waals surface area contributed by atoms with Crippen molar-refractivity contribution in [3.05, 3.63) is 66.2 Å². The third-order valence-electron chi connectivity index (χ3n) is 7.25. The van der Waals surface area contributed by atoms with Crippen LogP contribution in [0.25, 0.3) is 0 Å². The van der Waals surface area contributed by atoms with Crippen LogP contribution in [0.3, 0.4) is 0 Å². The summed E-state index contributed by atoms with van der Waals surface area (Å²) in [5.74, 6) is 3.30. The van der Waals surface area contributed by atoms with E-state index >= 15 is 0 Å². The largest absolute Gasteiger partial charge is 0.494 e. The molecule has 1 saturated carbocycles. The summed E-state index contributed by atoms with van der Waals surface area (Å²) in [5, 5.41) is 0. The summed E-state index contributed by atoms with van der Waals surface area (Å²) in [5.41, 5.74) is 0.499. The average molecular weight is 507 g/mol. The van der Waals surface area contributed by atoms with E-state index in [-0.39, 0.29) is 5.97 Å². The first-order valence-electron chi connectivity index (χ1n) is 14.5. The molecule has 0 aliphatic heterocycles. The Balaban J connectivity index is 1.33. The highest BCUT2D eigenvalue weighted by Gasteiger charge is 2.18. The van der Waals surface area contributed by atoms with Gasteiger partial charge in [-0.15, -0.1) is 0 Å². The van der Waals surface area contributed by atoms with Gasteiger partial charge in [0.2, 0.25) is 0 Å². The first-order chi connectivity index (χ1) is 18.2. The lowest BCUT2D eigenvalue weighted by Crippen LogP contribution is -2.13. The first-order valence-corrected chi connectivity index (χ1v) is 14.5. The minimum atomic E-state index is -0.383. The zero-order chi connectivity index (χ0) is 26.1. The molecule has 37 heavy (non-hydrogen) atoms. The summed E-state index contributed by atoms with van der Waals surface area (Å²) in [6, 6.07) is 14.3. The molecule has 0 saturated heterocycles. The molecule has 2 aromatic carbocycles. The number of benzene rings is 2. The maximum atomic E-state index is 12.5. The summed E-state index contributed by atoms with van der Waals surface area (Å²) in [7, 11) is 0. The highest BCUT2D eigenvalue weighted by molar-refractivity contribution is 5.91. The lowest BCUT2D eigenvalue weighted by Gasteiger charge is -2.26. The Bertz CT molecular complexity index is 908. The fraction of sp³-hybridized carbons (Fsp3) is 0.545. The molecule has 0 spiro atoms. The van der Waals surface area contributed by atoms with Gasteiger partial charge in [0.05, 0.1) is 12.2 Å². The fourth-order valence-electron chi connectivity index (χ4n) is 4.92. The van der Waals surface area contributed by atoms with Crippen LogP contribution < -0.4 is 14.2 Å². The van der Waals surface area contributed by atoms with Crippen molar-refractivity contribution in [3.63, 3.8) is 0 Å². The van der Waals surface area contributed by atoms with Crippen molar-refractivity contribution in [2.75, 3.05) is 13.2 Å². The van der Waals surface area contributed by atoms with Gasteiger partial charge in [0.15, 0.2) is 0 Å². The van der Waals surface area contributed by atoms with Crippen molar-refractivity contribution in [1.29, 1.82) is 0 Å². The lowest BCUT2D eigenvalue weighted by atomic mass is 9.79. The maximum absolute atomic E-state index is 12.5. The summed E-state index contributed by atoms with van der Waals surface area (Å²) in [6.07, 6.45) is 20.0.